The third-order valence-corrected chi connectivity index (χ3v) is 3.13. The number of fused-ring (bicyclic) bond motifs is 1. The van der Waals surface area contributed by atoms with E-state index in [-0.39, 0.29) is 0 Å². The predicted molar refractivity (Wildman–Crippen MR) is 66.8 cm³/mol. The van der Waals surface area contributed by atoms with Crippen molar-refractivity contribution in [3.63, 3.8) is 0 Å². The van der Waals surface area contributed by atoms with E-state index >= 15 is 0 Å². The summed E-state index contributed by atoms with van der Waals surface area (Å²) in [5.41, 5.74) is 9.31. The molecule has 3 rings (SSSR count). The molecule has 1 aliphatic rings. The maximum Gasteiger partial charge on any atom is 0.222 e. The van der Waals surface area contributed by atoms with Crippen molar-refractivity contribution in [3.05, 3.63) is 23.3 Å². The van der Waals surface area contributed by atoms with Crippen LogP contribution in [0.4, 0.5) is 5.88 Å². The van der Waals surface area contributed by atoms with E-state index in [0.717, 1.165) is 34.6 Å². The van der Waals surface area contributed by atoms with Crippen molar-refractivity contribution in [1.82, 2.24) is 5.16 Å². The molecule has 94 valence electrons. The van der Waals surface area contributed by atoms with Crippen molar-refractivity contribution < 1.29 is 14.0 Å². The summed E-state index contributed by atoms with van der Waals surface area (Å²) in [4.78, 5) is 0. The molecule has 18 heavy (non-hydrogen) atoms. The number of nitrogens with two attached hydrogens (primary N) is 1. The quantitative estimate of drug-likeness (QED) is 0.879. The molecule has 5 nitrogen and oxygen atoms in total. The Morgan fingerprint density at radius 3 is 2.89 bits per heavy atom. The van der Waals surface area contributed by atoms with E-state index in [1.807, 2.05) is 13.0 Å². The van der Waals surface area contributed by atoms with E-state index in [4.69, 9.17) is 19.7 Å². The Morgan fingerprint density at radius 2 is 2.22 bits per heavy atom. The lowest BCUT2D eigenvalue weighted by atomic mass is 9.98. The molecule has 2 heterocycles. The molecular formula is C13H14N2O3. The first kappa shape index (κ1) is 11.0. The van der Waals surface area contributed by atoms with Crippen LogP contribution >= 0.6 is 0 Å². The normalized spacial score (nSPS) is 13.2. The Kier molecular flexibility index (Phi) is 2.40. The van der Waals surface area contributed by atoms with Crippen LogP contribution in [-0.2, 0) is 6.42 Å². The maximum atomic E-state index is 5.60. The number of nitrogens with zero attached hydrogens (tertiary/aromatic N) is 1. The second-order valence-corrected chi connectivity index (χ2v) is 4.29. The number of anilines is 1. The highest BCUT2D eigenvalue weighted by molar-refractivity contribution is 5.77. The Hall–Kier alpha value is -2.17. The molecule has 0 amide bonds. The summed E-state index contributed by atoms with van der Waals surface area (Å²) in [6, 6.07) is 3.70. The monoisotopic (exact) mass is 246 g/mol. The standard InChI is InChI=1S/C13H14N2O3/c1-7-5-10-8(3-4-17-10)12(13(7)16-2)9-6-11(14)18-15-9/h5-6H,3-4,14H2,1-2H3. The molecule has 0 saturated carbocycles. The maximum absolute atomic E-state index is 5.60. The topological polar surface area (TPSA) is 70.5 Å². The van der Waals surface area contributed by atoms with E-state index in [2.05, 4.69) is 5.16 Å². The van der Waals surface area contributed by atoms with Crippen LogP contribution in [0.1, 0.15) is 11.1 Å². The SMILES string of the molecule is COc1c(C)cc2c(c1-c1cc(N)on1)CCO2. The van der Waals surface area contributed by atoms with Crippen molar-refractivity contribution in [2.75, 3.05) is 19.5 Å². The number of hydrogen-bond donors (Lipinski definition) is 1. The molecule has 0 fully saturated rings. The molecule has 2 N–H and O–H groups in total. The van der Waals surface area contributed by atoms with Gasteiger partial charge >= 0.3 is 0 Å². The third kappa shape index (κ3) is 1.51. The number of ether oxygens (including phenoxy) is 2. The van der Waals surface area contributed by atoms with Crippen molar-refractivity contribution in [2.24, 2.45) is 0 Å². The molecule has 1 aliphatic heterocycles. The van der Waals surface area contributed by atoms with Crippen molar-refractivity contribution in [1.29, 1.82) is 0 Å². The summed E-state index contributed by atoms with van der Waals surface area (Å²) in [6.45, 7) is 2.66. The molecule has 0 aliphatic carbocycles. The van der Waals surface area contributed by atoms with Crippen LogP contribution in [0.2, 0.25) is 0 Å². The zero-order valence-electron chi connectivity index (χ0n) is 10.3. The highest BCUT2D eigenvalue weighted by Gasteiger charge is 2.25. The Balaban J connectivity index is 2.29. The van der Waals surface area contributed by atoms with Gasteiger partial charge in [0.25, 0.3) is 0 Å². The van der Waals surface area contributed by atoms with Gasteiger partial charge in [-0.15, -0.1) is 0 Å². The molecular weight excluding hydrogens is 232 g/mol. The van der Waals surface area contributed by atoms with Crippen LogP contribution in [0.5, 0.6) is 11.5 Å². The molecule has 0 atom stereocenters. The van der Waals surface area contributed by atoms with Gasteiger partial charge in [-0.2, -0.15) is 0 Å². The molecule has 0 saturated heterocycles. The summed E-state index contributed by atoms with van der Waals surface area (Å²) in [5, 5.41) is 3.98. The Morgan fingerprint density at radius 1 is 1.39 bits per heavy atom. The number of methoxy groups -OCH3 is 1. The number of hydrogen-bond acceptors (Lipinski definition) is 5. The highest BCUT2D eigenvalue weighted by atomic mass is 16.5. The van der Waals surface area contributed by atoms with E-state index in [1.54, 1.807) is 13.2 Å². The molecule has 0 bridgehead atoms. The van der Waals surface area contributed by atoms with Crippen molar-refractivity contribution >= 4 is 5.88 Å². The molecule has 1 aromatic carbocycles. The van der Waals surface area contributed by atoms with E-state index in [0.29, 0.717) is 18.2 Å². The first-order chi connectivity index (χ1) is 8.70. The van der Waals surface area contributed by atoms with Crippen LogP contribution in [0, 0.1) is 6.92 Å². The second-order valence-electron chi connectivity index (χ2n) is 4.29. The first-order valence-electron chi connectivity index (χ1n) is 5.76. The number of benzene rings is 1. The zero-order chi connectivity index (χ0) is 12.7. The summed E-state index contributed by atoms with van der Waals surface area (Å²) in [5.74, 6) is 1.98. The number of nitrogen functional groups attached to an aromatic ring is 1. The van der Waals surface area contributed by atoms with Gasteiger partial charge < -0.3 is 19.7 Å². The van der Waals surface area contributed by atoms with Gasteiger partial charge in [-0.3, -0.25) is 0 Å². The van der Waals surface area contributed by atoms with E-state index in [9.17, 15) is 0 Å². The Bertz CT molecular complexity index is 601. The fourth-order valence-electron chi connectivity index (χ4n) is 2.39. The summed E-state index contributed by atoms with van der Waals surface area (Å²) < 4.78 is 16.0. The summed E-state index contributed by atoms with van der Waals surface area (Å²) in [7, 11) is 1.65. The number of aryl methyl sites for hydroxylation is 1. The fraction of sp³-hybridized carbons (Fsp3) is 0.308. The third-order valence-electron chi connectivity index (χ3n) is 3.13. The Labute approximate surface area is 104 Å². The lowest BCUT2D eigenvalue weighted by Gasteiger charge is -2.13. The average molecular weight is 246 g/mol. The first-order valence-corrected chi connectivity index (χ1v) is 5.76. The van der Waals surface area contributed by atoms with Gasteiger partial charge in [0.1, 0.15) is 17.2 Å². The van der Waals surface area contributed by atoms with Crippen LogP contribution in [0.15, 0.2) is 16.7 Å². The van der Waals surface area contributed by atoms with Crippen LogP contribution in [0.25, 0.3) is 11.3 Å². The van der Waals surface area contributed by atoms with Gasteiger partial charge in [-0.05, 0) is 18.6 Å². The van der Waals surface area contributed by atoms with Crippen molar-refractivity contribution in [2.45, 2.75) is 13.3 Å². The van der Waals surface area contributed by atoms with Crippen molar-refractivity contribution in [3.8, 4) is 22.8 Å². The number of aromatic nitrogens is 1. The molecule has 0 spiro atoms. The van der Waals surface area contributed by atoms with Crippen LogP contribution in [-0.4, -0.2) is 18.9 Å². The van der Waals surface area contributed by atoms with Gasteiger partial charge in [0.2, 0.25) is 5.88 Å². The molecule has 5 heteroatoms. The minimum absolute atomic E-state index is 0.293. The average Bonchev–Trinajstić information content (AvgIpc) is 2.95. The minimum Gasteiger partial charge on any atom is -0.496 e. The molecule has 0 radical (unpaired) electrons. The van der Waals surface area contributed by atoms with Gasteiger partial charge in [0.15, 0.2) is 0 Å². The van der Waals surface area contributed by atoms with Gasteiger partial charge in [-0.1, -0.05) is 5.16 Å². The van der Waals surface area contributed by atoms with E-state index in [1.165, 1.54) is 0 Å². The van der Waals surface area contributed by atoms with Gasteiger partial charge in [-0.25, -0.2) is 0 Å². The predicted octanol–water partition coefficient (Wildman–Crippen LogP) is 2.18. The zero-order valence-corrected chi connectivity index (χ0v) is 10.3. The minimum atomic E-state index is 0.293. The number of rotatable bonds is 2. The largest absolute Gasteiger partial charge is 0.496 e. The molecule has 1 aromatic heterocycles. The molecule has 2 aromatic rings. The van der Waals surface area contributed by atoms with E-state index < -0.39 is 0 Å². The second kappa shape index (κ2) is 3.94. The summed E-state index contributed by atoms with van der Waals surface area (Å²) in [6.07, 6.45) is 0.841. The lowest BCUT2D eigenvalue weighted by molar-refractivity contribution is 0.356. The van der Waals surface area contributed by atoms with Crippen LogP contribution < -0.4 is 15.2 Å². The smallest absolute Gasteiger partial charge is 0.222 e. The van der Waals surface area contributed by atoms with Crippen LogP contribution in [0.3, 0.4) is 0 Å². The highest BCUT2D eigenvalue weighted by Crippen LogP contribution is 2.43. The summed E-state index contributed by atoms with van der Waals surface area (Å²) >= 11 is 0. The van der Waals surface area contributed by atoms with Gasteiger partial charge in [0, 0.05) is 18.1 Å². The fourth-order valence-corrected chi connectivity index (χ4v) is 2.39. The lowest BCUT2D eigenvalue weighted by Crippen LogP contribution is -1.95. The van der Waals surface area contributed by atoms with Gasteiger partial charge in [0.05, 0.1) is 19.3 Å². The molecule has 0 unspecified atom stereocenters.